The van der Waals surface area contributed by atoms with Crippen LogP contribution in [0.1, 0.15) is 32.0 Å². The van der Waals surface area contributed by atoms with Crippen molar-refractivity contribution in [2.45, 2.75) is 17.2 Å². The lowest BCUT2D eigenvalue weighted by Crippen LogP contribution is -2.28. The minimum Gasteiger partial charge on any atom is -0.478 e. The molecule has 0 amide bonds. The molecule has 0 saturated heterocycles. The molecule has 10 heteroatoms. The van der Waals surface area contributed by atoms with Crippen molar-refractivity contribution in [3.05, 3.63) is 134 Å². The fourth-order valence-electron chi connectivity index (χ4n) is 4.81. The molecule has 0 aliphatic heterocycles. The van der Waals surface area contributed by atoms with E-state index in [0.717, 1.165) is 10.0 Å². The predicted molar refractivity (Wildman–Crippen MR) is 163 cm³/mol. The van der Waals surface area contributed by atoms with Crippen molar-refractivity contribution in [2.24, 2.45) is 0 Å². The maximum atomic E-state index is 13.8. The highest BCUT2D eigenvalue weighted by molar-refractivity contribution is 9.10. The summed E-state index contributed by atoms with van der Waals surface area (Å²) in [5.74, 6) is -2.10. The molecule has 5 rings (SSSR count). The SMILES string of the molecule is COC(=O)c1c(-c2ccccc2)c2cc(Br)ccc2c(=O)n1Cc1ccc(CS(=O)(=O)c2ccc(C(=O)O)cc2)cc1. The summed E-state index contributed by atoms with van der Waals surface area (Å²) < 4.78 is 33.1. The van der Waals surface area contributed by atoms with E-state index in [9.17, 15) is 22.8 Å². The number of ether oxygens (including phenoxy) is 1. The molecule has 0 aliphatic carbocycles. The second kappa shape index (κ2) is 11.8. The summed E-state index contributed by atoms with van der Waals surface area (Å²) in [6.07, 6.45) is 0. The van der Waals surface area contributed by atoms with Crippen LogP contribution in [0.15, 0.2) is 111 Å². The summed E-state index contributed by atoms with van der Waals surface area (Å²) in [7, 11) is -2.47. The first-order chi connectivity index (χ1) is 20.1. The number of carboxylic acid groups (broad SMARTS) is 1. The Labute approximate surface area is 249 Å². The number of fused-ring (bicyclic) bond motifs is 1. The summed E-state index contributed by atoms with van der Waals surface area (Å²) in [5.41, 5.74) is 2.22. The maximum Gasteiger partial charge on any atom is 0.355 e. The van der Waals surface area contributed by atoms with E-state index < -0.39 is 21.8 Å². The number of sulfone groups is 1. The van der Waals surface area contributed by atoms with E-state index in [1.807, 2.05) is 30.3 Å². The van der Waals surface area contributed by atoms with Crippen LogP contribution in [-0.2, 0) is 26.9 Å². The van der Waals surface area contributed by atoms with Crippen LogP contribution in [0.3, 0.4) is 0 Å². The molecule has 8 nitrogen and oxygen atoms in total. The monoisotopic (exact) mass is 645 g/mol. The van der Waals surface area contributed by atoms with Crippen molar-refractivity contribution in [1.29, 1.82) is 0 Å². The van der Waals surface area contributed by atoms with Gasteiger partial charge in [0.15, 0.2) is 9.84 Å². The molecule has 0 radical (unpaired) electrons. The van der Waals surface area contributed by atoms with Gasteiger partial charge in [-0.25, -0.2) is 18.0 Å². The first-order valence-corrected chi connectivity index (χ1v) is 15.2. The van der Waals surface area contributed by atoms with Crippen molar-refractivity contribution >= 4 is 48.5 Å². The number of carbonyl (C=O) groups excluding carboxylic acids is 1. The smallest absolute Gasteiger partial charge is 0.355 e. The van der Waals surface area contributed by atoms with Crippen molar-refractivity contribution in [3.8, 4) is 11.1 Å². The number of hydrogen-bond donors (Lipinski definition) is 1. The number of carboxylic acids is 1. The third-order valence-electron chi connectivity index (χ3n) is 6.86. The third-order valence-corrected chi connectivity index (χ3v) is 9.05. The average molecular weight is 647 g/mol. The van der Waals surface area contributed by atoms with E-state index in [0.29, 0.717) is 27.5 Å². The normalized spacial score (nSPS) is 11.4. The second-order valence-corrected chi connectivity index (χ2v) is 12.5. The number of nitrogens with zero attached hydrogens (tertiary/aromatic N) is 1. The van der Waals surface area contributed by atoms with Crippen LogP contribution in [0.2, 0.25) is 0 Å². The Morgan fingerprint density at radius 1 is 0.857 bits per heavy atom. The predicted octanol–water partition coefficient (Wildman–Crippen LogP) is 5.94. The minimum absolute atomic E-state index is 0.00313. The summed E-state index contributed by atoms with van der Waals surface area (Å²) in [4.78, 5) is 38.1. The quantitative estimate of drug-likeness (QED) is 0.207. The van der Waals surface area contributed by atoms with E-state index >= 15 is 0 Å². The fraction of sp³-hybridized carbons (Fsp3) is 0.0938. The highest BCUT2D eigenvalue weighted by Crippen LogP contribution is 2.33. The van der Waals surface area contributed by atoms with Crippen LogP contribution in [-0.4, -0.2) is 37.1 Å². The first kappa shape index (κ1) is 29.0. The van der Waals surface area contributed by atoms with Gasteiger partial charge in [-0.15, -0.1) is 0 Å². The third kappa shape index (κ3) is 5.77. The van der Waals surface area contributed by atoms with E-state index in [2.05, 4.69) is 15.9 Å². The molecule has 0 atom stereocenters. The molecule has 1 N–H and O–H groups in total. The maximum absolute atomic E-state index is 13.8. The number of benzene rings is 4. The summed E-state index contributed by atoms with van der Waals surface area (Å²) in [6.45, 7) is 0.0405. The van der Waals surface area contributed by atoms with E-state index in [1.165, 1.54) is 35.9 Å². The van der Waals surface area contributed by atoms with Crippen LogP contribution in [0.5, 0.6) is 0 Å². The number of rotatable bonds is 8. The van der Waals surface area contributed by atoms with Crippen LogP contribution in [0.4, 0.5) is 0 Å². The Bertz CT molecular complexity index is 1980. The molecule has 1 aromatic heterocycles. The molecule has 0 spiro atoms. The molecule has 0 aliphatic rings. The molecule has 1 heterocycles. The second-order valence-electron chi connectivity index (χ2n) is 9.57. The Balaban J connectivity index is 1.54. The van der Waals surface area contributed by atoms with Crippen molar-refractivity contribution in [2.75, 3.05) is 7.11 Å². The highest BCUT2D eigenvalue weighted by Gasteiger charge is 2.24. The molecule has 0 bridgehead atoms. The van der Waals surface area contributed by atoms with Crippen LogP contribution < -0.4 is 5.56 Å². The van der Waals surface area contributed by atoms with Gasteiger partial charge in [0, 0.05) is 15.4 Å². The Kier molecular flexibility index (Phi) is 8.11. The molecule has 212 valence electrons. The minimum atomic E-state index is -3.73. The molecule has 42 heavy (non-hydrogen) atoms. The molecule has 5 aromatic rings. The topological polar surface area (TPSA) is 120 Å². The zero-order valence-electron chi connectivity index (χ0n) is 22.3. The van der Waals surface area contributed by atoms with Crippen molar-refractivity contribution in [1.82, 2.24) is 4.57 Å². The zero-order valence-corrected chi connectivity index (χ0v) is 24.7. The van der Waals surface area contributed by atoms with Gasteiger partial charge in [0.25, 0.3) is 5.56 Å². The van der Waals surface area contributed by atoms with Crippen molar-refractivity contribution in [3.63, 3.8) is 0 Å². The number of halogens is 1. The van der Waals surface area contributed by atoms with Crippen LogP contribution in [0.25, 0.3) is 21.9 Å². The average Bonchev–Trinajstić information content (AvgIpc) is 2.99. The largest absolute Gasteiger partial charge is 0.478 e. The fourth-order valence-corrected chi connectivity index (χ4v) is 6.52. The number of carbonyl (C=O) groups is 2. The molecular formula is C32H24BrNO7S. The Morgan fingerprint density at radius 3 is 2.12 bits per heavy atom. The summed E-state index contributed by atoms with van der Waals surface area (Å²) in [5, 5.41) is 10.1. The van der Waals surface area contributed by atoms with Gasteiger partial charge in [-0.05, 0) is 64.5 Å². The lowest BCUT2D eigenvalue weighted by atomic mass is 9.96. The highest BCUT2D eigenvalue weighted by atomic mass is 79.9. The molecule has 0 fully saturated rings. The van der Waals surface area contributed by atoms with Crippen LogP contribution >= 0.6 is 15.9 Å². The van der Waals surface area contributed by atoms with Gasteiger partial charge in [0.05, 0.1) is 29.9 Å². The number of pyridine rings is 1. The van der Waals surface area contributed by atoms with Gasteiger partial charge < -0.3 is 9.84 Å². The first-order valence-electron chi connectivity index (χ1n) is 12.7. The van der Waals surface area contributed by atoms with Gasteiger partial charge in [0.1, 0.15) is 5.69 Å². The molecule has 4 aromatic carbocycles. The molecule has 0 unspecified atom stereocenters. The van der Waals surface area contributed by atoms with Gasteiger partial charge in [-0.2, -0.15) is 0 Å². The van der Waals surface area contributed by atoms with Gasteiger partial charge in [-0.3, -0.25) is 9.36 Å². The summed E-state index contributed by atoms with van der Waals surface area (Å²) in [6, 6.07) is 26.3. The summed E-state index contributed by atoms with van der Waals surface area (Å²) >= 11 is 3.47. The number of aromatic carboxylic acids is 1. The molecular weight excluding hydrogens is 622 g/mol. The Hall–Kier alpha value is -4.54. The van der Waals surface area contributed by atoms with Gasteiger partial charge >= 0.3 is 11.9 Å². The standard InChI is InChI=1S/C32H24BrNO7S/c1-41-32(38)29-28(22-5-3-2-4-6-22)27-17-24(33)13-16-26(27)30(35)34(29)18-20-7-9-21(10-8-20)19-42(39,40)25-14-11-23(12-15-25)31(36)37/h2-17H,18-19H2,1H3,(H,36,37). The Morgan fingerprint density at radius 2 is 1.50 bits per heavy atom. The van der Waals surface area contributed by atoms with E-state index in [4.69, 9.17) is 9.84 Å². The lowest BCUT2D eigenvalue weighted by molar-refractivity contribution is 0.0588. The van der Waals surface area contributed by atoms with Crippen LogP contribution in [0, 0.1) is 0 Å². The van der Waals surface area contributed by atoms with Crippen molar-refractivity contribution < 1.29 is 27.9 Å². The number of aromatic nitrogens is 1. The van der Waals surface area contributed by atoms with E-state index in [1.54, 1.807) is 42.5 Å². The molecule has 0 saturated carbocycles. The van der Waals surface area contributed by atoms with E-state index in [-0.39, 0.29) is 34.0 Å². The lowest BCUT2D eigenvalue weighted by Gasteiger charge is -2.19. The van der Waals surface area contributed by atoms with Gasteiger partial charge in [-0.1, -0.05) is 70.5 Å². The number of methoxy groups -OCH3 is 1. The number of hydrogen-bond acceptors (Lipinski definition) is 6. The number of esters is 1. The zero-order chi connectivity index (χ0) is 30.0. The van der Waals surface area contributed by atoms with Gasteiger partial charge in [0.2, 0.25) is 0 Å².